The van der Waals surface area contributed by atoms with E-state index < -0.39 is 0 Å². The molecule has 1 N–H and O–H groups in total. The summed E-state index contributed by atoms with van der Waals surface area (Å²) < 4.78 is 10.0. The van der Waals surface area contributed by atoms with Crippen LogP contribution in [-0.2, 0) is 20.7 Å². The monoisotopic (exact) mass is 397 g/mol. The maximum absolute atomic E-state index is 12.1. The van der Waals surface area contributed by atoms with Crippen molar-refractivity contribution in [1.29, 1.82) is 0 Å². The Morgan fingerprint density at radius 2 is 2.07 bits per heavy atom. The highest BCUT2D eigenvalue weighted by atomic mass is 32.1. The van der Waals surface area contributed by atoms with Gasteiger partial charge in [-0.3, -0.25) is 4.79 Å². The first-order chi connectivity index (χ1) is 13.6. The van der Waals surface area contributed by atoms with Crippen molar-refractivity contribution < 1.29 is 18.8 Å². The molecule has 2 aromatic heterocycles. The Balaban J connectivity index is 1.47. The summed E-state index contributed by atoms with van der Waals surface area (Å²) in [5, 5.41) is 8.68. The van der Waals surface area contributed by atoms with Gasteiger partial charge in [0, 0.05) is 24.6 Å². The van der Waals surface area contributed by atoms with Crippen LogP contribution in [0.15, 0.2) is 52.4 Å². The summed E-state index contributed by atoms with van der Waals surface area (Å²) in [6, 6.07) is 11.0. The van der Waals surface area contributed by atoms with Crippen molar-refractivity contribution in [1.82, 2.24) is 10.1 Å². The quantitative estimate of drug-likeness (QED) is 0.457. The number of esters is 1. The fourth-order valence-corrected chi connectivity index (χ4v) is 2.99. The number of anilines is 1. The van der Waals surface area contributed by atoms with E-state index in [0.717, 1.165) is 10.4 Å². The van der Waals surface area contributed by atoms with Crippen LogP contribution in [0.3, 0.4) is 0 Å². The second-order valence-electron chi connectivity index (χ2n) is 5.74. The molecule has 0 spiro atoms. The lowest BCUT2D eigenvalue weighted by Gasteiger charge is -2.04. The van der Waals surface area contributed by atoms with Gasteiger partial charge in [-0.2, -0.15) is 4.98 Å². The molecule has 0 aliphatic rings. The standard InChI is InChI=1S/C20H19N3O4S/c1-2-26-19(25)12-7-14-5-8-15(9-6-14)21-17(24)10-11-18-22-20(23-27-18)16-4-3-13-28-16/h3-9,12-13H,2,10-11H2,1H3,(H,21,24)/b12-7+. The van der Waals surface area contributed by atoms with E-state index in [9.17, 15) is 9.59 Å². The third-order valence-corrected chi connectivity index (χ3v) is 4.53. The van der Waals surface area contributed by atoms with Crippen molar-refractivity contribution in [3.05, 3.63) is 59.3 Å². The number of amides is 1. The van der Waals surface area contributed by atoms with Gasteiger partial charge in [0.2, 0.25) is 17.6 Å². The van der Waals surface area contributed by atoms with Gasteiger partial charge in [-0.05, 0) is 42.1 Å². The Hall–Kier alpha value is -3.26. The molecule has 0 radical (unpaired) electrons. The van der Waals surface area contributed by atoms with Crippen molar-refractivity contribution in [2.24, 2.45) is 0 Å². The molecule has 0 saturated carbocycles. The van der Waals surface area contributed by atoms with Crippen LogP contribution in [0.4, 0.5) is 5.69 Å². The van der Waals surface area contributed by atoms with Gasteiger partial charge < -0.3 is 14.6 Å². The highest BCUT2D eigenvalue weighted by molar-refractivity contribution is 7.13. The van der Waals surface area contributed by atoms with Crippen molar-refractivity contribution in [3.8, 4) is 10.7 Å². The molecule has 7 nitrogen and oxygen atoms in total. The summed E-state index contributed by atoms with van der Waals surface area (Å²) in [6.45, 7) is 2.09. The third-order valence-electron chi connectivity index (χ3n) is 3.67. The predicted molar refractivity (Wildman–Crippen MR) is 107 cm³/mol. The van der Waals surface area contributed by atoms with E-state index >= 15 is 0 Å². The van der Waals surface area contributed by atoms with E-state index in [-0.39, 0.29) is 18.3 Å². The lowest BCUT2D eigenvalue weighted by molar-refractivity contribution is -0.137. The third kappa shape index (κ3) is 5.62. The van der Waals surface area contributed by atoms with Crippen LogP contribution in [0.2, 0.25) is 0 Å². The Labute approximate surface area is 166 Å². The number of aromatic nitrogens is 2. The summed E-state index contributed by atoms with van der Waals surface area (Å²) in [6.07, 6.45) is 3.62. The molecule has 3 rings (SSSR count). The maximum Gasteiger partial charge on any atom is 0.330 e. The highest BCUT2D eigenvalue weighted by Gasteiger charge is 2.11. The average molecular weight is 397 g/mol. The molecule has 28 heavy (non-hydrogen) atoms. The number of aryl methyl sites for hydroxylation is 1. The molecule has 1 aromatic carbocycles. The minimum absolute atomic E-state index is 0.148. The summed E-state index contributed by atoms with van der Waals surface area (Å²) in [4.78, 5) is 28.6. The van der Waals surface area contributed by atoms with Gasteiger partial charge in [0.15, 0.2) is 0 Å². The Bertz CT molecular complexity index is 946. The van der Waals surface area contributed by atoms with E-state index in [1.54, 1.807) is 37.3 Å². The summed E-state index contributed by atoms with van der Waals surface area (Å²) >= 11 is 1.53. The zero-order chi connectivity index (χ0) is 19.8. The Morgan fingerprint density at radius 1 is 1.25 bits per heavy atom. The van der Waals surface area contributed by atoms with E-state index in [1.807, 2.05) is 17.5 Å². The molecule has 0 aliphatic heterocycles. The van der Waals surface area contributed by atoms with Crippen LogP contribution in [0.25, 0.3) is 16.8 Å². The van der Waals surface area contributed by atoms with Crippen molar-refractivity contribution in [2.45, 2.75) is 19.8 Å². The minimum atomic E-state index is -0.386. The van der Waals surface area contributed by atoms with Gasteiger partial charge in [0.05, 0.1) is 11.5 Å². The fourth-order valence-electron chi connectivity index (χ4n) is 2.34. The van der Waals surface area contributed by atoms with E-state index in [0.29, 0.717) is 30.4 Å². The Kier molecular flexibility index (Phi) is 6.69. The highest BCUT2D eigenvalue weighted by Crippen LogP contribution is 2.21. The molecular weight excluding hydrogens is 378 g/mol. The first-order valence-electron chi connectivity index (χ1n) is 8.75. The van der Waals surface area contributed by atoms with Crippen LogP contribution < -0.4 is 5.32 Å². The summed E-state index contributed by atoms with van der Waals surface area (Å²) in [5.41, 5.74) is 1.50. The molecule has 0 aliphatic carbocycles. The predicted octanol–water partition coefficient (Wildman–Crippen LogP) is 3.95. The van der Waals surface area contributed by atoms with E-state index in [2.05, 4.69) is 15.5 Å². The topological polar surface area (TPSA) is 94.3 Å². The first kappa shape index (κ1) is 19.5. The number of carbonyl (C=O) groups is 2. The van der Waals surface area contributed by atoms with Gasteiger partial charge in [-0.15, -0.1) is 11.3 Å². The second-order valence-corrected chi connectivity index (χ2v) is 6.69. The number of nitrogens with one attached hydrogen (secondary N) is 1. The van der Waals surface area contributed by atoms with Crippen LogP contribution in [0.1, 0.15) is 24.8 Å². The molecule has 0 unspecified atom stereocenters. The molecule has 0 bridgehead atoms. The van der Waals surface area contributed by atoms with Crippen molar-refractivity contribution >= 4 is 35.0 Å². The number of thiophene rings is 1. The van der Waals surface area contributed by atoms with Crippen LogP contribution in [0, 0.1) is 0 Å². The molecule has 0 fully saturated rings. The van der Waals surface area contributed by atoms with Gasteiger partial charge in [-0.25, -0.2) is 4.79 Å². The molecule has 0 atom stereocenters. The first-order valence-corrected chi connectivity index (χ1v) is 9.63. The zero-order valence-corrected chi connectivity index (χ0v) is 16.1. The lowest BCUT2D eigenvalue weighted by Crippen LogP contribution is -2.12. The van der Waals surface area contributed by atoms with Gasteiger partial charge >= 0.3 is 5.97 Å². The summed E-state index contributed by atoms with van der Waals surface area (Å²) in [5.74, 6) is 0.434. The maximum atomic E-state index is 12.1. The number of ether oxygens (including phenoxy) is 1. The zero-order valence-electron chi connectivity index (χ0n) is 15.3. The van der Waals surface area contributed by atoms with E-state index in [1.165, 1.54) is 17.4 Å². The fraction of sp³-hybridized carbons (Fsp3) is 0.200. The number of carbonyl (C=O) groups excluding carboxylic acids is 2. The van der Waals surface area contributed by atoms with Crippen molar-refractivity contribution in [3.63, 3.8) is 0 Å². The van der Waals surface area contributed by atoms with Gasteiger partial charge in [0.1, 0.15) is 0 Å². The molecule has 8 heteroatoms. The Morgan fingerprint density at radius 3 is 2.79 bits per heavy atom. The van der Waals surface area contributed by atoms with Gasteiger partial charge in [0.25, 0.3) is 0 Å². The summed E-state index contributed by atoms with van der Waals surface area (Å²) in [7, 11) is 0. The van der Waals surface area contributed by atoms with Crippen LogP contribution in [-0.4, -0.2) is 28.6 Å². The van der Waals surface area contributed by atoms with Crippen molar-refractivity contribution in [2.75, 3.05) is 11.9 Å². The molecule has 0 saturated heterocycles. The van der Waals surface area contributed by atoms with Gasteiger partial charge in [-0.1, -0.05) is 23.4 Å². The number of hydrogen-bond acceptors (Lipinski definition) is 7. The molecule has 1 amide bonds. The molecule has 3 aromatic rings. The number of rotatable bonds is 8. The number of hydrogen-bond donors (Lipinski definition) is 1. The SMILES string of the molecule is CCOC(=O)/C=C/c1ccc(NC(=O)CCc2nc(-c3cccs3)no2)cc1. The number of nitrogens with zero attached hydrogens (tertiary/aromatic N) is 2. The van der Waals surface area contributed by atoms with E-state index in [4.69, 9.17) is 9.26 Å². The normalized spacial score (nSPS) is 10.9. The minimum Gasteiger partial charge on any atom is -0.463 e. The smallest absolute Gasteiger partial charge is 0.330 e. The molecule has 2 heterocycles. The second kappa shape index (κ2) is 9.61. The number of benzene rings is 1. The molecule has 144 valence electrons. The lowest BCUT2D eigenvalue weighted by atomic mass is 10.2. The molecular formula is C20H19N3O4S. The average Bonchev–Trinajstić information content (AvgIpc) is 3.38. The van der Waals surface area contributed by atoms with Crippen LogP contribution in [0.5, 0.6) is 0 Å². The van der Waals surface area contributed by atoms with Crippen LogP contribution >= 0.6 is 11.3 Å². The largest absolute Gasteiger partial charge is 0.463 e.